The zero-order valence-electron chi connectivity index (χ0n) is 15.5. The molecule has 0 unspecified atom stereocenters. The van der Waals surface area contributed by atoms with Crippen LogP contribution in [0.15, 0.2) is 83.7 Å². The smallest absolute Gasteiger partial charge is 0.232 e. The summed E-state index contributed by atoms with van der Waals surface area (Å²) in [6, 6.07) is 21.4. The second kappa shape index (κ2) is 7.53. The van der Waals surface area contributed by atoms with Crippen LogP contribution in [-0.4, -0.2) is 10.9 Å². The van der Waals surface area contributed by atoms with Gasteiger partial charge in [0.05, 0.1) is 11.6 Å². The van der Waals surface area contributed by atoms with Gasteiger partial charge in [-0.15, -0.1) is 0 Å². The Bertz CT molecular complexity index is 1130. The fourth-order valence-corrected chi connectivity index (χ4v) is 4.36. The first kappa shape index (κ1) is 17.6. The Labute approximate surface area is 172 Å². The Morgan fingerprint density at radius 3 is 2.38 bits per heavy atom. The summed E-state index contributed by atoms with van der Waals surface area (Å²) in [7, 11) is 0. The third kappa shape index (κ3) is 3.30. The third-order valence-electron chi connectivity index (χ3n) is 5.08. The van der Waals surface area contributed by atoms with Gasteiger partial charge in [0.15, 0.2) is 0 Å². The molecule has 2 aromatic carbocycles. The first-order valence-electron chi connectivity index (χ1n) is 9.41. The Kier molecular flexibility index (Phi) is 4.58. The third-order valence-corrected chi connectivity index (χ3v) is 5.76. The Hall–Kier alpha value is -3.44. The van der Waals surface area contributed by atoms with Crippen molar-refractivity contribution in [3.63, 3.8) is 0 Å². The number of nitrogens with one attached hydrogen (secondary N) is 1. The van der Waals surface area contributed by atoms with Crippen molar-refractivity contribution in [1.82, 2.24) is 10.3 Å². The predicted molar refractivity (Wildman–Crippen MR) is 114 cm³/mol. The molecule has 2 aromatic heterocycles. The summed E-state index contributed by atoms with van der Waals surface area (Å²) in [6.45, 7) is 0.416. The van der Waals surface area contributed by atoms with Gasteiger partial charge >= 0.3 is 0 Å². The monoisotopic (exact) mass is 398 g/mol. The summed E-state index contributed by atoms with van der Waals surface area (Å²) >= 11 is 1.63. The summed E-state index contributed by atoms with van der Waals surface area (Å²) in [5, 5.41) is 7.22. The lowest BCUT2D eigenvalue weighted by Gasteiger charge is -2.27. The maximum atomic E-state index is 13.3. The lowest BCUT2D eigenvalue weighted by molar-refractivity contribution is -0.122. The lowest BCUT2D eigenvalue weighted by atomic mass is 9.87. The minimum atomic E-state index is -0.405. The highest BCUT2D eigenvalue weighted by atomic mass is 32.1. The molecule has 0 saturated heterocycles. The molecule has 0 saturated carbocycles. The van der Waals surface area contributed by atoms with E-state index in [1.54, 1.807) is 17.5 Å². The second-order valence-corrected chi connectivity index (χ2v) is 7.63. The van der Waals surface area contributed by atoms with Gasteiger partial charge in [-0.25, -0.2) is 0 Å². The van der Waals surface area contributed by atoms with Crippen LogP contribution in [0.5, 0.6) is 11.5 Å². The molecule has 1 amide bonds. The number of carbonyl (C=O) groups excluding carboxylic acids is 1. The summed E-state index contributed by atoms with van der Waals surface area (Å²) in [6.07, 6.45) is 1.78. The molecule has 1 aliphatic heterocycles. The maximum Gasteiger partial charge on any atom is 0.232 e. The Balaban J connectivity index is 1.44. The van der Waals surface area contributed by atoms with E-state index in [-0.39, 0.29) is 5.91 Å². The summed E-state index contributed by atoms with van der Waals surface area (Å²) in [5.41, 5.74) is 4.73. The van der Waals surface area contributed by atoms with Crippen molar-refractivity contribution in [2.75, 3.05) is 0 Å². The van der Waals surface area contributed by atoms with E-state index in [9.17, 15) is 4.79 Å². The number of nitrogens with zero attached hydrogens (tertiary/aromatic N) is 1. The number of fused-ring (bicyclic) bond motifs is 2. The number of aromatic nitrogens is 1. The Morgan fingerprint density at radius 1 is 0.966 bits per heavy atom. The maximum absolute atomic E-state index is 13.3. The fourth-order valence-electron chi connectivity index (χ4n) is 3.72. The average Bonchev–Trinajstić information content (AvgIpc) is 3.31. The first-order chi connectivity index (χ1) is 14.3. The number of hydrogen-bond donors (Lipinski definition) is 1. The van der Waals surface area contributed by atoms with E-state index < -0.39 is 5.92 Å². The SMILES string of the molecule is O=C(NCc1cccnc1-c1ccsc1)C1c2ccccc2Oc2ccccc21. The molecule has 4 aromatic rings. The first-order valence-corrected chi connectivity index (χ1v) is 10.4. The molecule has 0 radical (unpaired) electrons. The van der Waals surface area contributed by atoms with Crippen molar-refractivity contribution in [2.45, 2.75) is 12.5 Å². The van der Waals surface area contributed by atoms with Crippen molar-refractivity contribution in [3.8, 4) is 22.8 Å². The number of hydrogen-bond acceptors (Lipinski definition) is 4. The normalized spacial score (nSPS) is 12.6. The lowest BCUT2D eigenvalue weighted by Crippen LogP contribution is -2.31. The molecule has 1 N–H and O–H groups in total. The van der Waals surface area contributed by atoms with Gasteiger partial charge in [-0.3, -0.25) is 9.78 Å². The molecule has 1 aliphatic rings. The molecular weight excluding hydrogens is 380 g/mol. The number of benzene rings is 2. The highest BCUT2D eigenvalue weighted by Gasteiger charge is 2.32. The van der Waals surface area contributed by atoms with Crippen LogP contribution in [0.25, 0.3) is 11.3 Å². The number of carbonyl (C=O) groups is 1. The van der Waals surface area contributed by atoms with E-state index in [0.29, 0.717) is 6.54 Å². The molecule has 0 aliphatic carbocycles. The molecule has 0 bridgehead atoms. The number of pyridine rings is 1. The topological polar surface area (TPSA) is 51.2 Å². The van der Waals surface area contributed by atoms with Crippen molar-refractivity contribution in [3.05, 3.63) is 100 Å². The summed E-state index contributed by atoms with van der Waals surface area (Å²) < 4.78 is 6.00. The summed E-state index contributed by atoms with van der Waals surface area (Å²) in [4.78, 5) is 17.8. The minimum Gasteiger partial charge on any atom is -0.457 e. The number of rotatable bonds is 4. The molecule has 142 valence electrons. The number of para-hydroxylation sites is 2. The molecular formula is C24H18N2O2S. The van der Waals surface area contributed by atoms with Crippen molar-refractivity contribution < 1.29 is 9.53 Å². The van der Waals surface area contributed by atoms with Crippen LogP contribution in [0.2, 0.25) is 0 Å². The van der Waals surface area contributed by atoms with Crippen LogP contribution in [-0.2, 0) is 11.3 Å². The highest BCUT2D eigenvalue weighted by Crippen LogP contribution is 2.43. The molecule has 3 heterocycles. The quantitative estimate of drug-likeness (QED) is 0.503. The van der Waals surface area contributed by atoms with Gasteiger partial charge < -0.3 is 10.1 Å². The van der Waals surface area contributed by atoms with Gasteiger partial charge in [0.1, 0.15) is 11.5 Å². The van der Waals surface area contributed by atoms with Gasteiger partial charge in [0.25, 0.3) is 0 Å². The van der Waals surface area contributed by atoms with Gasteiger partial charge in [-0.2, -0.15) is 11.3 Å². The van der Waals surface area contributed by atoms with Crippen LogP contribution >= 0.6 is 11.3 Å². The average molecular weight is 398 g/mol. The molecule has 29 heavy (non-hydrogen) atoms. The minimum absolute atomic E-state index is 0.0479. The van der Waals surface area contributed by atoms with E-state index in [1.165, 1.54) is 0 Å². The zero-order chi connectivity index (χ0) is 19.6. The van der Waals surface area contributed by atoms with Crippen molar-refractivity contribution >= 4 is 17.2 Å². The van der Waals surface area contributed by atoms with Gasteiger partial charge in [0, 0.05) is 34.8 Å². The van der Waals surface area contributed by atoms with Crippen LogP contribution in [0, 0.1) is 0 Å². The largest absolute Gasteiger partial charge is 0.457 e. The fraction of sp³-hybridized carbons (Fsp3) is 0.0833. The molecule has 4 nitrogen and oxygen atoms in total. The van der Waals surface area contributed by atoms with Gasteiger partial charge in [-0.1, -0.05) is 42.5 Å². The number of thiophene rings is 1. The van der Waals surface area contributed by atoms with E-state index in [1.807, 2.05) is 72.1 Å². The highest BCUT2D eigenvalue weighted by molar-refractivity contribution is 7.08. The van der Waals surface area contributed by atoms with Crippen LogP contribution in [0.4, 0.5) is 0 Å². The van der Waals surface area contributed by atoms with Gasteiger partial charge in [0.2, 0.25) is 5.91 Å². The second-order valence-electron chi connectivity index (χ2n) is 6.85. The van der Waals surface area contributed by atoms with E-state index in [0.717, 1.165) is 39.4 Å². The Morgan fingerprint density at radius 2 is 1.69 bits per heavy atom. The van der Waals surface area contributed by atoms with E-state index in [4.69, 9.17) is 4.74 Å². The molecule has 0 atom stereocenters. The molecule has 5 rings (SSSR count). The zero-order valence-corrected chi connectivity index (χ0v) is 16.4. The van der Waals surface area contributed by atoms with Crippen molar-refractivity contribution in [1.29, 1.82) is 0 Å². The van der Waals surface area contributed by atoms with E-state index >= 15 is 0 Å². The summed E-state index contributed by atoms with van der Waals surface area (Å²) in [5.74, 6) is 1.00. The van der Waals surface area contributed by atoms with Gasteiger partial charge in [-0.05, 0) is 35.2 Å². The number of amides is 1. The molecule has 5 heteroatoms. The van der Waals surface area contributed by atoms with Crippen molar-refractivity contribution in [2.24, 2.45) is 0 Å². The van der Waals surface area contributed by atoms with E-state index in [2.05, 4.69) is 15.7 Å². The number of ether oxygens (including phenoxy) is 1. The molecule has 0 fully saturated rings. The standard InChI is InChI=1S/C24H18N2O2S/c27-24(26-14-16-6-5-12-25-23(16)17-11-13-29-15-17)22-18-7-1-3-9-20(18)28-21-10-4-2-8-19(21)22/h1-13,15,22H,14H2,(H,26,27). The van der Waals surface area contributed by atoms with Crippen LogP contribution in [0.1, 0.15) is 22.6 Å². The predicted octanol–water partition coefficient (Wildman–Crippen LogP) is 5.36. The van der Waals surface area contributed by atoms with Crippen LogP contribution < -0.4 is 10.1 Å². The van der Waals surface area contributed by atoms with Crippen LogP contribution in [0.3, 0.4) is 0 Å². The molecule has 0 spiro atoms.